The third-order valence-corrected chi connectivity index (χ3v) is 15.8. The van der Waals surface area contributed by atoms with Crippen molar-refractivity contribution in [3.05, 3.63) is 0 Å². The van der Waals surface area contributed by atoms with Gasteiger partial charge in [-0.2, -0.15) is 0 Å². The molecule has 0 aromatic carbocycles. The summed E-state index contributed by atoms with van der Waals surface area (Å²) in [5, 5.41) is 44.1. The second-order valence-electron chi connectivity index (χ2n) is 26.1. The molecule has 1 aliphatic heterocycles. The minimum absolute atomic E-state index is 0.0192. The first-order valence-corrected chi connectivity index (χ1v) is 30.9. The Hall–Kier alpha value is -5.75. The minimum atomic E-state index is -1.70. The predicted octanol–water partition coefficient (Wildman–Crippen LogP) is 2.54. The maximum absolute atomic E-state index is 14.1. The summed E-state index contributed by atoms with van der Waals surface area (Å²) in [5.41, 5.74) is -6.36. The first-order chi connectivity index (χ1) is 39.3. The summed E-state index contributed by atoms with van der Waals surface area (Å²) < 4.78 is 0. The van der Waals surface area contributed by atoms with Gasteiger partial charge in [0.25, 0.3) is 0 Å². The van der Waals surface area contributed by atoms with Crippen molar-refractivity contribution >= 4 is 64.9 Å². The fourth-order valence-electron chi connectivity index (χ4n) is 9.78. The number of unbranched alkanes of at least 4 members (excludes halogenated alkanes) is 5. The van der Waals surface area contributed by atoms with Crippen molar-refractivity contribution in [2.24, 2.45) is 17.8 Å². The van der Waals surface area contributed by atoms with Gasteiger partial charge in [-0.3, -0.25) is 52.7 Å². The highest BCUT2D eigenvalue weighted by Gasteiger charge is 2.43. The second kappa shape index (κ2) is 35.8. The van der Waals surface area contributed by atoms with Crippen LogP contribution >= 0.6 is 0 Å². The molecule has 488 valence electrons. The van der Waals surface area contributed by atoms with E-state index in [0.29, 0.717) is 45.3 Å². The molecule has 24 heteroatoms. The lowest BCUT2D eigenvalue weighted by Gasteiger charge is -2.34. The molecule has 24 nitrogen and oxygen atoms in total. The van der Waals surface area contributed by atoms with Crippen LogP contribution in [0.1, 0.15) is 208 Å². The first kappa shape index (κ1) is 77.3. The Labute approximate surface area is 506 Å². The molecule has 10 amide bonds. The van der Waals surface area contributed by atoms with Crippen LogP contribution in [0.4, 0.5) is 0 Å². The number of carbonyl (C=O) groups is 11. The van der Waals surface area contributed by atoms with Crippen molar-refractivity contribution in [1.82, 2.24) is 57.7 Å². The van der Waals surface area contributed by atoms with Gasteiger partial charge in [0.15, 0.2) is 0 Å². The number of aliphatic hydroxyl groups is 2. The summed E-state index contributed by atoms with van der Waals surface area (Å²) in [4.78, 5) is 153. The molecule has 85 heavy (non-hydrogen) atoms. The molecule has 1 aliphatic rings. The van der Waals surface area contributed by atoms with E-state index < -0.39 is 118 Å². The summed E-state index contributed by atoms with van der Waals surface area (Å²) in [6, 6.07) is -6.06. The van der Waals surface area contributed by atoms with Crippen LogP contribution in [0.5, 0.6) is 0 Å². The van der Waals surface area contributed by atoms with Crippen molar-refractivity contribution < 1.29 is 63.0 Å². The largest absolute Gasteiger partial charge is 0.395 e. The van der Waals surface area contributed by atoms with E-state index in [9.17, 15) is 63.0 Å². The van der Waals surface area contributed by atoms with Gasteiger partial charge in [0.05, 0.1) is 12.7 Å². The van der Waals surface area contributed by atoms with Crippen LogP contribution in [0.3, 0.4) is 0 Å². The molecular weight excluding hydrogens is 1090 g/mol. The quantitative estimate of drug-likeness (QED) is 0.0395. The Morgan fingerprint density at radius 2 is 1.09 bits per heavy atom. The fraction of sp³-hybridized carbons (Fsp3) is 0.820. The average molecular weight is 1210 g/mol. The van der Waals surface area contributed by atoms with Gasteiger partial charge in [-0.1, -0.05) is 86.5 Å². The zero-order chi connectivity index (χ0) is 65.4. The van der Waals surface area contributed by atoms with Crippen molar-refractivity contribution in [3.63, 3.8) is 0 Å². The summed E-state index contributed by atoms with van der Waals surface area (Å²) in [7, 11) is 1.80. The number of hydrogen-bond donors (Lipinski definition) is 11. The SMILES string of the molecule is CCCCCCCC[C@@H](C)C(=O)N1CCCC1C(=O)N[C@@H](C[C@H](C)C[C@H](O)CC(=O)CC)C(=O)N[C@@H](C)C(=O)NC(C)(C)C(=O)NC(C)(C)C(=O)NC(C(=O)N[C@@H](C)C(=O)NC(C)(C)C(=O)NC(C)(C)C(=O)N[C@@H](C)CN(C)CCO)C(C)CC. The summed E-state index contributed by atoms with van der Waals surface area (Å²) in [6.07, 6.45) is 7.95. The Balaban J connectivity index is 3.14. The number of nitrogens with zero attached hydrogens (tertiary/aromatic N) is 2. The number of aliphatic hydroxyl groups excluding tert-OH is 2. The van der Waals surface area contributed by atoms with E-state index in [-0.39, 0.29) is 61.9 Å². The van der Waals surface area contributed by atoms with E-state index in [1.165, 1.54) is 75.7 Å². The highest BCUT2D eigenvalue weighted by molar-refractivity contribution is 6.01. The third kappa shape index (κ3) is 26.4. The third-order valence-electron chi connectivity index (χ3n) is 15.8. The minimum Gasteiger partial charge on any atom is -0.395 e. The maximum atomic E-state index is 14.1. The number of ketones is 1. The van der Waals surface area contributed by atoms with Crippen molar-refractivity contribution in [2.75, 3.05) is 33.3 Å². The molecule has 0 aromatic rings. The molecular formula is C61H111N11O13. The zero-order valence-electron chi connectivity index (χ0n) is 54.8. The molecule has 0 spiro atoms. The molecule has 1 saturated heterocycles. The van der Waals surface area contributed by atoms with Gasteiger partial charge in [0, 0.05) is 44.4 Å². The lowest BCUT2D eigenvalue weighted by Crippen LogP contribution is -2.66. The van der Waals surface area contributed by atoms with Crippen molar-refractivity contribution in [3.8, 4) is 0 Å². The monoisotopic (exact) mass is 1210 g/mol. The molecule has 1 heterocycles. The lowest BCUT2D eigenvalue weighted by atomic mass is 9.92. The van der Waals surface area contributed by atoms with Crippen LogP contribution in [0.15, 0.2) is 0 Å². The predicted molar refractivity (Wildman–Crippen MR) is 326 cm³/mol. The van der Waals surface area contributed by atoms with Crippen LogP contribution in [-0.4, -0.2) is 183 Å². The molecule has 0 aromatic heterocycles. The Bertz CT molecular complexity index is 2260. The van der Waals surface area contributed by atoms with E-state index in [4.69, 9.17) is 0 Å². The van der Waals surface area contributed by atoms with Crippen LogP contribution in [0.2, 0.25) is 0 Å². The first-order valence-electron chi connectivity index (χ1n) is 30.9. The molecule has 0 bridgehead atoms. The van der Waals surface area contributed by atoms with Crippen molar-refractivity contribution in [1.29, 1.82) is 0 Å². The number of hydrogen-bond acceptors (Lipinski definition) is 14. The fourth-order valence-corrected chi connectivity index (χ4v) is 9.78. The van der Waals surface area contributed by atoms with Crippen LogP contribution in [0.25, 0.3) is 0 Å². The topological polar surface area (TPSA) is 343 Å². The second-order valence-corrected chi connectivity index (χ2v) is 26.1. The molecule has 11 N–H and O–H groups in total. The van der Waals surface area contributed by atoms with Crippen LogP contribution < -0.4 is 47.9 Å². The number of likely N-dealkylation sites (N-methyl/N-ethyl adjacent to an activating group) is 1. The van der Waals surface area contributed by atoms with Gasteiger partial charge < -0.3 is 67.9 Å². The normalized spacial score (nSPS) is 17.1. The van der Waals surface area contributed by atoms with Crippen LogP contribution in [0, 0.1) is 17.8 Å². The number of amides is 10. The van der Waals surface area contributed by atoms with E-state index >= 15 is 0 Å². The average Bonchev–Trinajstić information content (AvgIpc) is 4.18. The smallest absolute Gasteiger partial charge is 0.246 e. The molecule has 0 saturated carbocycles. The van der Waals surface area contributed by atoms with E-state index in [2.05, 4.69) is 54.8 Å². The molecule has 0 aliphatic carbocycles. The molecule has 1 rings (SSSR count). The number of carbonyl (C=O) groups excluding carboxylic acids is 11. The van der Waals surface area contributed by atoms with Crippen LogP contribution in [-0.2, 0) is 52.7 Å². The Kier molecular flexibility index (Phi) is 32.5. The van der Waals surface area contributed by atoms with Gasteiger partial charge >= 0.3 is 0 Å². The molecule has 3 unspecified atom stereocenters. The lowest BCUT2D eigenvalue weighted by molar-refractivity contribution is -0.142. The van der Waals surface area contributed by atoms with Gasteiger partial charge in [-0.25, -0.2) is 0 Å². The number of Topliss-reactive ketones (excluding diaryl/α,β-unsaturated/α-hetero) is 1. The summed E-state index contributed by atoms with van der Waals surface area (Å²) in [5.74, 6) is -7.69. The number of nitrogens with one attached hydrogen (secondary N) is 9. The van der Waals surface area contributed by atoms with E-state index in [0.717, 1.165) is 32.1 Å². The maximum Gasteiger partial charge on any atom is 0.246 e. The molecule has 10 atom stereocenters. The standard InChI is InChI=1S/C61H111N11O13/c1-19-22-23-24-25-26-28-39(6)53(81)72-30-27-29-46(72)51(79)65-45(34-37(4)33-44(75)35-43(74)21-3)50(78)63-41(8)48(76)67-61(16,17)57(85)70-59(12,13)55(83)66-47(38(5)20-2)52(80)64-42(9)49(77)68-60(14,15)56(84)69-58(10,11)54(82)62-40(7)36-71(18)31-32-73/h37-42,44-47,73,75H,19-36H2,1-18H3,(H,62,82)(H,63,78)(H,64,80)(H,65,79)(H,66,83)(H,67,76)(H,68,77)(H,69,84)(H,70,85)/t37-,38?,39-,40+,41+,42+,44+,45+,46?,47?/m1/s1. The summed E-state index contributed by atoms with van der Waals surface area (Å²) in [6.45, 7) is 28.3. The number of likely N-dealkylation sites (tertiary alicyclic amines) is 1. The number of rotatable bonds is 39. The van der Waals surface area contributed by atoms with Crippen molar-refractivity contribution in [2.45, 2.75) is 272 Å². The Morgan fingerprint density at radius 3 is 1.60 bits per heavy atom. The Morgan fingerprint density at radius 1 is 0.600 bits per heavy atom. The van der Waals surface area contributed by atoms with Gasteiger partial charge in [0.1, 0.15) is 58.1 Å². The molecule has 0 radical (unpaired) electrons. The van der Waals surface area contributed by atoms with E-state index in [1.807, 2.05) is 11.8 Å². The van der Waals surface area contributed by atoms with Gasteiger partial charge in [-0.15, -0.1) is 0 Å². The van der Waals surface area contributed by atoms with E-state index in [1.54, 1.807) is 46.6 Å². The zero-order valence-corrected chi connectivity index (χ0v) is 54.8. The summed E-state index contributed by atoms with van der Waals surface area (Å²) >= 11 is 0. The van der Waals surface area contributed by atoms with Gasteiger partial charge in [-0.05, 0) is 127 Å². The van der Waals surface area contributed by atoms with Gasteiger partial charge in [0.2, 0.25) is 59.1 Å². The highest BCUT2D eigenvalue weighted by atomic mass is 16.3. The molecule has 1 fully saturated rings. The highest BCUT2D eigenvalue weighted by Crippen LogP contribution is 2.24.